The molecule has 52 valence electrons. The molecule has 0 bridgehead atoms. The van der Waals surface area contributed by atoms with Crippen molar-refractivity contribution < 1.29 is 4.74 Å². The van der Waals surface area contributed by atoms with Crippen LogP contribution in [-0.2, 0) is 4.74 Å². The van der Waals surface area contributed by atoms with Crippen molar-refractivity contribution >= 4 is 6.21 Å². The van der Waals surface area contributed by atoms with Crippen molar-refractivity contribution in [1.82, 2.24) is 4.90 Å². The Balaban J connectivity index is 2.26. The SMILES string of the molecule is C1=CN2CN=CC=C2OC1. The predicted octanol–water partition coefficient (Wildman–Crippen LogP) is 0.716. The fraction of sp³-hybridized carbons (Fsp3) is 0.286. The molecular formula is C7H8N2O. The van der Waals surface area contributed by atoms with Crippen LogP contribution in [0, 0.1) is 0 Å². The number of aliphatic imine (C=N–C) groups is 1. The van der Waals surface area contributed by atoms with Gasteiger partial charge < -0.3 is 4.74 Å². The van der Waals surface area contributed by atoms with E-state index in [-0.39, 0.29) is 0 Å². The normalized spacial score (nSPS) is 21.6. The Bertz CT molecular complexity index is 218. The lowest BCUT2D eigenvalue weighted by atomic mass is 10.4. The second-order valence-corrected chi connectivity index (χ2v) is 2.14. The largest absolute Gasteiger partial charge is 0.474 e. The molecule has 3 nitrogen and oxygen atoms in total. The Morgan fingerprint density at radius 1 is 1.60 bits per heavy atom. The molecule has 3 heteroatoms. The minimum absolute atomic E-state index is 0.677. The third-order valence-electron chi connectivity index (χ3n) is 1.45. The highest BCUT2D eigenvalue weighted by Gasteiger charge is 2.11. The first-order valence-electron chi connectivity index (χ1n) is 3.23. The third kappa shape index (κ3) is 0.795. The molecule has 0 amide bonds. The van der Waals surface area contributed by atoms with Crippen LogP contribution in [0.15, 0.2) is 29.2 Å². The highest BCUT2D eigenvalue weighted by atomic mass is 16.5. The van der Waals surface area contributed by atoms with Crippen molar-refractivity contribution in [3.63, 3.8) is 0 Å². The summed E-state index contributed by atoms with van der Waals surface area (Å²) < 4.78 is 5.29. The molecule has 0 saturated carbocycles. The van der Waals surface area contributed by atoms with Gasteiger partial charge in [-0.15, -0.1) is 0 Å². The van der Waals surface area contributed by atoms with E-state index in [4.69, 9.17) is 4.74 Å². The van der Waals surface area contributed by atoms with Crippen molar-refractivity contribution in [2.75, 3.05) is 13.3 Å². The zero-order chi connectivity index (χ0) is 6.81. The fourth-order valence-corrected chi connectivity index (χ4v) is 0.972. The Kier molecular flexibility index (Phi) is 1.20. The first-order valence-corrected chi connectivity index (χ1v) is 3.23. The number of ether oxygens (including phenoxy) is 1. The molecule has 0 aromatic rings. The number of hydrogen-bond acceptors (Lipinski definition) is 3. The van der Waals surface area contributed by atoms with Gasteiger partial charge >= 0.3 is 0 Å². The van der Waals surface area contributed by atoms with Gasteiger partial charge in [-0.25, -0.2) is 0 Å². The van der Waals surface area contributed by atoms with E-state index in [1.54, 1.807) is 6.21 Å². The summed E-state index contributed by atoms with van der Waals surface area (Å²) in [4.78, 5) is 6.02. The lowest BCUT2D eigenvalue weighted by Gasteiger charge is -2.26. The first-order chi connectivity index (χ1) is 4.97. The average Bonchev–Trinajstić information content (AvgIpc) is 2.05. The summed E-state index contributed by atoms with van der Waals surface area (Å²) in [7, 11) is 0. The predicted molar refractivity (Wildman–Crippen MR) is 38.4 cm³/mol. The van der Waals surface area contributed by atoms with Crippen LogP contribution in [0.25, 0.3) is 0 Å². The van der Waals surface area contributed by atoms with Gasteiger partial charge in [0, 0.05) is 18.5 Å². The average molecular weight is 136 g/mol. The van der Waals surface area contributed by atoms with Gasteiger partial charge in [0.2, 0.25) is 0 Å². The maximum absolute atomic E-state index is 5.29. The summed E-state index contributed by atoms with van der Waals surface area (Å²) >= 11 is 0. The third-order valence-corrected chi connectivity index (χ3v) is 1.45. The van der Waals surface area contributed by atoms with Crippen molar-refractivity contribution in [1.29, 1.82) is 0 Å². The summed E-state index contributed by atoms with van der Waals surface area (Å²) in [6.45, 7) is 1.36. The van der Waals surface area contributed by atoms with E-state index in [9.17, 15) is 0 Å². The lowest BCUT2D eigenvalue weighted by molar-refractivity contribution is 0.145. The molecule has 2 rings (SSSR count). The molecule has 0 saturated heterocycles. The maximum Gasteiger partial charge on any atom is 0.196 e. The minimum atomic E-state index is 0.677. The molecule has 0 atom stereocenters. The molecule has 2 aliphatic rings. The highest BCUT2D eigenvalue weighted by Crippen LogP contribution is 2.13. The Labute approximate surface area is 59.3 Å². The van der Waals surface area contributed by atoms with Gasteiger partial charge in [0.25, 0.3) is 0 Å². The van der Waals surface area contributed by atoms with Crippen LogP contribution in [0.3, 0.4) is 0 Å². The van der Waals surface area contributed by atoms with Crippen molar-refractivity contribution in [3.8, 4) is 0 Å². The van der Waals surface area contributed by atoms with Gasteiger partial charge in [-0.1, -0.05) is 0 Å². The van der Waals surface area contributed by atoms with E-state index in [0.29, 0.717) is 13.3 Å². The zero-order valence-corrected chi connectivity index (χ0v) is 5.53. The molecule has 0 aromatic heterocycles. The van der Waals surface area contributed by atoms with Crippen LogP contribution in [0.1, 0.15) is 0 Å². The highest BCUT2D eigenvalue weighted by molar-refractivity contribution is 5.72. The van der Waals surface area contributed by atoms with E-state index in [1.807, 2.05) is 23.3 Å². The molecule has 10 heavy (non-hydrogen) atoms. The topological polar surface area (TPSA) is 24.8 Å². The summed E-state index contributed by atoms with van der Waals surface area (Å²) in [5.74, 6) is 0.900. The Morgan fingerprint density at radius 3 is 3.50 bits per heavy atom. The van der Waals surface area contributed by atoms with Gasteiger partial charge in [-0.05, 0) is 6.08 Å². The van der Waals surface area contributed by atoms with Crippen LogP contribution < -0.4 is 0 Å². The van der Waals surface area contributed by atoms with Crippen molar-refractivity contribution in [3.05, 3.63) is 24.2 Å². The quantitative estimate of drug-likeness (QED) is 0.490. The van der Waals surface area contributed by atoms with Crippen LogP contribution in [-0.4, -0.2) is 24.4 Å². The molecular weight excluding hydrogens is 128 g/mol. The second-order valence-electron chi connectivity index (χ2n) is 2.14. The molecule has 0 radical (unpaired) electrons. The minimum Gasteiger partial charge on any atom is -0.474 e. The van der Waals surface area contributed by atoms with E-state index in [2.05, 4.69) is 4.99 Å². The standard InChI is InChI=1S/C7H8N2O/c1-4-9-6-8-3-2-7(9)10-5-1/h1-4H,5-6H2. The van der Waals surface area contributed by atoms with E-state index in [0.717, 1.165) is 5.88 Å². The number of rotatable bonds is 0. The van der Waals surface area contributed by atoms with Gasteiger partial charge in [-0.3, -0.25) is 9.89 Å². The number of nitrogens with zero attached hydrogens (tertiary/aromatic N) is 2. The summed E-state index contributed by atoms with van der Waals surface area (Å²) in [6.07, 6.45) is 7.60. The molecule has 0 N–H and O–H groups in total. The zero-order valence-electron chi connectivity index (χ0n) is 5.53. The lowest BCUT2D eigenvalue weighted by Crippen LogP contribution is -2.24. The number of allylic oxidation sites excluding steroid dienone is 1. The number of hydrogen-bond donors (Lipinski definition) is 0. The second kappa shape index (κ2) is 2.17. The fourth-order valence-electron chi connectivity index (χ4n) is 0.972. The van der Waals surface area contributed by atoms with Gasteiger partial charge in [0.15, 0.2) is 5.88 Å². The smallest absolute Gasteiger partial charge is 0.196 e. The van der Waals surface area contributed by atoms with Crippen LogP contribution in [0.5, 0.6) is 0 Å². The maximum atomic E-state index is 5.29. The molecule has 0 spiro atoms. The Hall–Kier alpha value is -1.25. The summed E-state index contributed by atoms with van der Waals surface area (Å²) in [5.41, 5.74) is 0. The van der Waals surface area contributed by atoms with E-state index >= 15 is 0 Å². The van der Waals surface area contributed by atoms with Crippen molar-refractivity contribution in [2.45, 2.75) is 0 Å². The molecule has 0 aromatic carbocycles. The Morgan fingerprint density at radius 2 is 2.60 bits per heavy atom. The number of fused-ring (bicyclic) bond motifs is 1. The summed E-state index contributed by atoms with van der Waals surface area (Å²) in [6, 6.07) is 0. The van der Waals surface area contributed by atoms with Crippen LogP contribution >= 0.6 is 0 Å². The molecule has 2 heterocycles. The molecule has 2 aliphatic heterocycles. The molecule has 0 aliphatic carbocycles. The van der Waals surface area contributed by atoms with Gasteiger partial charge in [-0.2, -0.15) is 0 Å². The van der Waals surface area contributed by atoms with Crippen LogP contribution in [0.4, 0.5) is 0 Å². The summed E-state index contributed by atoms with van der Waals surface area (Å²) in [5, 5.41) is 0. The monoisotopic (exact) mass is 136 g/mol. The van der Waals surface area contributed by atoms with Crippen molar-refractivity contribution in [2.24, 2.45) is 4.99 Å². The molecule has 0 fully saturated rings. The van der Waals surface area contributed by atoms with E-state index in [1.165, 1.54) is 0 Å². The molecule has 0 unspecified atom stereocenters. The van der Waals surface area contributed by atoms with Gasteiger partial charge in [0.1, 0.15) is 13.3 Å². The van der Waals surface area contributed by atoms with E-state index < -0.39 is 0 Å². The van der Waals surface area contributed by atoms with Gasteiger partial charge in [0.05, 0.1) is 0 Å². The first kappa shape index (κ1) is 5.53. The van der Waals surface area contributed by atoms with Crippen LogP contribution in [0.2, 0.25) is 0 Å².